The first-order valence-corrected chi connectivity index (χ1v) is 8.11. The summed E-state index contributed by atoms with van der Waals surface area (Å²) in [5.74, 6) is -9.00. The molecule has 1 saturated carbocycles. The summed E-state index contributed by atoms with van der Waals surface area (Å²) in [5.41, 5.74) is 1.32. The van der Waals surface area contributed by atoms with E-state index >= 15 is 0 Å². The number of rotatable bonds is 4. The summed E-state index contributed by atoms with van der Waals surface area (Å²) in [5, 5.41) is 5.57. The Hall–Kier alpha value is -2.52. The molecular formula is C17H15F6N3O. The van der Waals surface area contributed by atoms with Gasteiger partial charge in [-0.1, -0.05) is 6.42 Å². The van der Waals surface area contributed by atoms with E-state index in [0.717, 1.165) is 6.42 Å². The zero-order valence-corrected chi connectivity index (χ0v) is 14.1. The summed E-state index contributed by atoms with van der Waals surface area (Å²) in [6, 6.07) is 5.29. The maximum Gasteiger partial charge on any atom is 0.463 e. The zero-order chi connectivity index (χ0) is 20.0. The van der Waals surface area contributed by atoms with Crippen molar-refractivity contribution in [1.29, 1.82) is 0 Å². The Morgan fingerprint density at radius 2 is 1.74 bits per heavy atom. The average molecular weight is 391 g/mol. The van der Waals surface area contributed by atoms with Crippen LogP contribution in [-0.2, 0) is 11.8 Å². The van der Waals surface area contributed by atoms with Crippen LogP contribution in [0, 0.1) is 5.82 Å². The summed E-state index contributed by atoms with van der Waals surface area (Å²) < 4.78 is 78.4. The molecule has 1 amide bonds. The zero-order valence-electron chi connectivity index (χ0n) is 14.1. The van der Waals surface area contributed by atoms with Gasteiger partial charge < -0.3 is 5.32 Å². The summed E-state index contributed by atoms with van der Waals surface area (Å²) >= 11 is 0. The third kappa shape index (κ3) is 3.40. The fraction of sp³-hybridized carbons (Fsp3) is 0.412. The minimum atomic E-state index is -6.01. The first-order valence-electron chi connectivity index (χ1n) is 8.11. The van der Waals surface area contributed by atoms with Crippen molar-refractivity contribution in [2.75, 3.05) is 5.32 Å². The molecule has 27 heavy (non-hydrogen) atoms. The topological polar surface area (TPSA) is 46.9 Å². The number of carbonyl (C=O) groups is 1. The van der Waals surface area contributed by atoms with E-state index in [4.69, 9.17) is 0 Å². The van der Waals surface area contributed by atoms with E-state index in [1.165, 1.54) is 36.0 Å². The highest BCUT2D eigenvalue weighted by atomic mass is 19.4. The number of nitrogens with zero attached hydrogens (tertiary/aromatic N) is 2. The molecule has 0 unspecified atom stereocenters. The van der Waals surface area contributed by atoms with Crippen LogP contribution in [0.2, 0.25) is 0 Å². The number of aryl methyl sites for hydroxylation is 1. The Labute approximate surface area is 150 Å². The number of halogens is 6. The molecule has 1 aliphatic carbocycles. The van der Waals surface area contributed by atoms with Crippen molar-refractivity contribution >= 4 is 11.7 Å². The van der Waals surface area contributed by atoms with E-state index < -0.39 is 23.8 Å². The highest BCUT2D eigenvalue weighted by Gasteiger charge is 2.63. The molecule has 146 valence electrons. The Morgan fingerprint density at radius 3 is 2.22 bits per heavy atom. The van der Waals surface area contributed by atoms with Crippen LogP contribution in [-0.4, -0.2) is 27.8 Å². The molecule has 3 rings (SSSR count). The Balaban J connectivity index is 2.03. The lowest BCUT2D eigenvalue weighted by Crippen LogP contribution is -2.47. The summed E-state index contributed by atoms with van der Waals surface area (Å²) in [6.45, 7) is 0. The first kappa shape index (κ1) is 19.2. The van der Waals surface area contributed by atoms with Gasteiger partial charge in [0.15, 0.2) is 5.82 Å². The number of amides is 1. The molecule has 1 aliphatic rings. The van der Waals surface area contributed by atoms with Crippen LogP contribution in [0.4, 0.5) is 32.2 Å². The lowest BCUT2D eigenvalue weighted by Gasteiger charge is -2.27. The van der Waals surface area contributed by atoms with Gasteiger partial charge >= 0.3 is 18.0 Å². The lowest BCUT2D eigenvalue weighted by molar-refractivity contribution is -0.267. The maximum atomic E-state index is 13.3. The predicted octanol–water partition coefficient (Wildman–Crippen LogP) is 4.63. The fourth-order valence-corrected chi connectivity index (χ4v) is 2.98. The summed E-state index contributed by atoms with van der Waals surface area (Å²) in [4.78, 5) is 11.6. The van der Waals surface area contributed by atoms with Crippen LogP contribution in [0.15, 0.2) is 24.3 Å². The second kappa shape index (κ2) is 6.58. The normalized spacial score (nSPS) is 15.5. The average Bonchev–Trinajstić information content (AvgIpc) is 2.81. The smallest absolute Gasteiger partial charge is 0.303 e. The van der Waals surface area contributed by atoms with Crippen molar-refractivity contribution in [3.05, 3.63) is 35.6 Å². The molecule has 1 N–H and O–H groups in total. The highest BCUT2D eigenvalue weighted by Crippen LogP contribution is 2.45. The van der Waals surface area contributed by atoms with Gasteiger partial charge in [0.05, 0.1) is 5.69 Å². The molecule has 1 fully saturated rings. The monoisotopic (exact) mass is 391 g/mol. The van der Waals surface area contributed by atoms with Crippen molar-refractivity contribution in [2.24, 2.45) is 7.05 Å². The van der Waals surface area contributed by atoms with Crippen molar-refractivity contribution in [1.82, 2.24) is 9.78 Å². The second-order valence-corrected chi connectivity index (χ2v) is 6.40. The Morgan fingerprint density at radius 1 is 1.15 bits per heavy atom. The standard InChI is InChI=1S/C17H15F6N3O/c1-26-13(10-5-7-11(18)8-6-10)12(9-3-2-4-9)14(25-26)24-15(27)16(19,20)17(21,22)23/h5-9H,2-4H2,1H3,(H,24,25,27). The van der Waals surface area contributed by atoms with Crippen LogP contribution in [0.3, 0.4) is 0 Å². The number of anilines is 1. The molecule has 0 atom stereocenters. The first-order chi connectivity index (χ1) is 12.5. The molecule has 2 aromatic rings. The molecule has 1 aromatic carbocycles. The van der Waals surface area contributed by atoms with Gasteiger partial charge in [0, 0.05) is 18.2 Å². The van der Waals surface area contributed by atoms with Crippen LogP contribution >= 0.6 is 0 Å². The lowest BCUT2D eigenvalue weighted by atomic mass is 9.79. The van der Waals surface area contributed by atoms with Crippen molar-refractivity contribution in [2.45, 2.75) is 37.3 Å². The number of carbonyl (C=O) groups excluding carboxylic acids is 1. The summed E-state index contributed by atoms with van der Waals surface area (Å²) in [6.07, 6.45) is -3.80. The Kier molecular flexibility index (Phi) is 4.69. The second-order valence-electron chi connectivity index (χ2n) is 6.40. The van der Waals surface area contributed by atoms with Crippen molar-refractivity contribution in [3.8, 4) is 11.3 Å². The molecule has 4 nitrogen and oxygen atoms in total. The van der Waals surface area contributed by atoms with Gasteiger partial charge in [-0.2, -0.15) is 27.1 Å². The van der Waals surface area contributed by atoms with Gasteiger partial charge in [0.25, 0.3) is 0 Å². The number of aromatic nitrogens is 2. The third-order valence-electron chi connectivity index (χ3n) is 4.59. The van der Waals surface area contributed by atoms with Crippen LogP contribution in [0.1, 0.15) is 30.7 Å². The minimum Gasteiger partial charge on any atom is -0.303 e. The fourth-order valence-electron chi connectivity index (χ4n) is 2.98. The van der Waals surface area contributed by atoms with Gasteiger partial charge in [-0.25, -0.2) is 4.39 Å². The van der Waals surface area contributed by atoms with Crippen LogP contribution in [0.5, 0.6) is 0 Å². The SMILES string of the molecule is Cn1nc(NC(=O)C(F)(F)C(F)(F)F)c(C2CCC2)c1-c1ccc(F)cc1. The van der Waals surface area contributed by atoms with E-state index in [2.05, 4.69) is 5.10 Å². The minimum absolute atomic E-state index is 0.145. The number of hydrogen-bond acceptors (Lipinski definition) is 2. The van der Waals surface area contributed by atoms with Gasteiger partial charge in [-0.15, -0.1) is 0 Å². The largest absolute Gasteiger partial charge is 0.463 e. The third-order valence-corrected chi connectivity index (χ3v) is 4.59. The van der Waals surface area contributed by atoms with Gasteiger partial charge in [0.2, 0.25) is 0 Å². The van der Waals surface area contributed by atoms with E-state index in [1.54, 1.807) is 5.32 Å². The highest BCUT2D eigenvalue weighted by molar-refractivity contribution is 5.97. The molecule has 1 heterocycles. The van der Waals surface area contributed by atoms with E-state index in [1.807, 2.05) is 0 Å². The van der Waals surface area contributed by atoms with E-state index in [0.29, 0.717) is 29.7 Å². The molecule has 0 saturated heterocycles. The van der Waals surface area contributed by atoms with Gasteiger partial charge in [-0.3, -0.25) is 9.48 Å². The molecular weight excluding hydrogens is 376 g/mol. The number of hydrogen-bond donors (Lipinski definition) is 1. The number of nitrogens with one attached hydrogen (secondary N) is 1. The molecule has 1 aromatic heterocycles. The Bertz CT molecular complexity index is 853. The summed E-state index contributed by atoms with van der Waals surface area (Å²) in [7, 11) is 1.47. The maximum absolute atomic E-state index is 13.3. The van der Waals surface area contributed by atoms with Crippen molar-refractivity contribution in [3.63, 3.8) is 0 Å². The molecule has 0 aliphatic heterocycles. The van der Waals surface area contributed by atoms with Gasteiger partial charge in [0.1, 0.15) is 5.82 Å². The quantitative estimate of drug-likeness (QED) is 0.773. The number of alkyl halides is 5. The van der Waals surface area contributed by atoms with E-state index in [9.17, 15) is 31.1 Å². The van der Waals surface area contributed by atoms with Crippen LogP contribution < -0.4 is 5.32 Å². The molecule has 10 heteroatoms. The van der Waals surface area contributed by atoms with Crippen LogP contribution in [0.25, 0.3) is 11.3 Å². The molecule has 0 bridgehead atoms. The van der Waals surface area contributed by atoms with E-state index in [-0.39, 0.29) is 11.7 Å². The van der Waals surface area contributed by atoms with Gasteiger partial charge in [-0.05, 0) is 43.0 Å². The molecule has 0 spiro atoms. The molecule has 0 radical (unpaired) electrons. The number of benzene rings is 1. The van der Waals surface area contributed by atoms with Crippen molar-refractivity contribution < 1.29 is 31.1 Å². The predicted molar refractivity (Wildman–Crippen MR) is 84.8 cm³/mol.